The summed E-state index contributed by atoms with van der Waals surface area (Å²) in [7, 11) is 0. The van der Waals surface area contributed by atoms with Crippen molar-refractivity contribution >= 4 is 11.7 Å². The van der Waals surface area contributed by atoms with Gasteiger partial charge in [-0.1, -0.05) is 12.1 Å². The molecule has 0 aliphatic heterocycles. The van der Waals surface area contributed by atoms with Crippen LogP contribution < -0.4 is 15.4 Å². The summed E-state index contributed by atoms with van der Waals surface area (Å²) in [6.07, 6.45) is 3.25. The zero-order valence-corrected chi connectivity index (χ0v) is 11.3. The van der Waals surface area contributed by atoms with Crippen LogP contribution in [0, 0.1) is 0 Å². The number of carbonyl (C=O) groups is 1. The normalized spacial score (nSPS) is 9.85. The zero-order chi connectivity index (χ0) is 14.2. The third-order valence-corrected chi connectivity index (χ3v) is 2.61. The topological polar surface area (TPSA) is 63.2 Å². The van der Waals surface area contributed by atoms with Crippen LogP contribution in [0.1, 0.15) is 12.5 Å². The predicted molar refractivity (Wildman–Crippen MR) is 77.7 cm³/mol. The minimum atomic E-state index is -0.258. The van der Waals surface area contributed by atoms with Crippen molar-refractivity contribution < 1.29 is 9.53 Å². The third-order valence-electron chi connectivity index (χ3n) is 2.61. The highest BCUT2D eigenvalue weighted by atomic mass is 16.5. The molecular formula is C15H17N3O2. The molecule has 104 valence electrons. The molecule has 1 aromatic carbocycles. The smallest absolute Gasteiger partial charge is 0.319 e. The monoisotopic (exact) mass is 271 g/mol. The molecule has 0 aliphatic carbocycles. The standard InChI is InChI=1S/C15H17N3O2/c1-2-20-14-7-5-12(6-8-14)10-17-15(19)18-13-4-3-9-16-11-13/h3-9,11H,2,10H2,1H3,(H2,17,18,19). The van der Waals surface area contributed by atoms with E-state index >= 15 is 0 Å². The van der Waals surface area contributed by atoms with Crippen molar-refractivity contribution in [2.24, 2.45) is 0 Å². The van der Waals surface area contributed by atoms with E-state index in [0.29, 0.717) is 18.8 Å². The number of benzene rings is 1. The second-order valence-corrected chi connectivity index (χ2v) is 4.13. The molecule has 2 amide bonds. The van der Waals surface area contributed by atoms with E-state index in [1.807, 2.05) is 31.2 Å². The quantitative estimate of drug-likeness (QED) is 0.879. The van der Waals surface area contributed by atoms with E-state index in [0.717, 1.165) is 11.3 Å². The SMILES string of the molecule is CCOc1ccc(CNC(=O)Nc2cccnc2)cc1. The summed E-state index contributed by atoms with van der Waals surface area (Å²) in [5.74, 6) is 0.830. The molecule has 1 heterocycles. The van der Waals surface area contributed by atoms with Crippen LogP contribution in [0.15, 0.2) is 48.8 Å². The van der Waals surface area contributed by atoms with E-state index < -0.39 is 0 Å². The van der Waals surface area contributed by atoms with Crippen molar-refractivity contribution in [2.45, 2.75) is 13.5 Å². The van der Waals surface area contributed by atoms with Gasteiger partial charge in [0.1, 0.15) is 5.75 Å². The number of carbonyl (C=O) groups excluding carboxylic acids is 1. The first-order chi connectivity index (χ1) is 9.78. The average molecular weight is 271 g/mol. The number of ether oxygens (including phenoxy) is 1. The van der Waals surface area contributed by atoms with Crippen molar-refractivity contribution in [3.63, 3.8) is 0 Å². The van der Waals surface area contributed by atoms with E-state index in [2.05, 4.69) is 15.6 Å². The second-order valence-electron chi connectivity index (χ2n) is 4.13. The van der Waals surface area contributed by atoms with Gasteiger partial charge in [-0.25, -0.2) is 4.79 Å². The molecule has 2 N–H and O–H groups in total. The molecule has 2 rings (SSSR count). The Hall–Kier alpha value is -2.56. The van der Waals surface area contributed by atoms with E-state index in [1.165, 1.54) is 0 Å². The Morgan fingerprint density at radius 1 is 1.25 bits per heavy atom. The van der Waals surface area contributed by atoms with Crippen LogP contribution in [0.5, 0.6) is 5.75 Å². The number of anilines is 1. The van der Waals surface area contributed by atoms with Gasteiger partial charge in [0.05, 0.1) is 18.5 Å². The highest BCUT2D eigenvalue weighted by molar-refractivity contribution is 5.88. The lowest BCUT2D eigenvalue weighted by atomic mass is 10.2. The Morgan fingerprint density at radius 2 is 2.05 bits per heavy atom. The Bertz CT molecular complexity index is 541. The highest BCUT2D eigenvalue weighted by Gasteiger charge is 2.01. The van der Waals surface area contributed by atoms with E-state index in [4.69, 9.17) is 4.74 Å². The Kier molecular flexibility index (Phi) is 4.94. The van der Waals surface area contributed by atoms with Gasteiger partial charge < -0.3 is 15.4 Å². The van der Waals surface area contributed by atoms with Crippen LogP contribution in [0.4, 0.5) is 10.5 Å². The first-order valence-corrected chi connectivity index (χ1v) is 6.44. The number of pyridine rings is 1. The summed E-state index contributed by atoms with van der Waals surface area (Å²) >= 11 is 0. The van der Waals surface area contributed by atoms with Crippen molar-refractivity contribution in [3.05, 3.63) is 54.4 Å². The van der Waals surface area contributed by atoms with Crippen molar-refractivity contribution in [1.29, 1.82) is 0 Å². The number of hydrogen-bond acceptors (Lipinski definition) is 3. The van der Waals surface area contributed by atoms with Crippen LogP contribution in [-0.4, -0.2) is 17.6 Å². The molecule has 0 spiro atoms. The fourth-order valence-corrected chi connectivity index (χ4v) is 1.66. The Balaban J connectivity index is 1.81. The maximum absolute atomic E-state index is 11.7. The molecule has 0 aliphatic rings. The molecule has 0 saturated carbocycles. The molecule has 0 bridgehead atoms. The molecule has 5 heteroatoms. The molecule has 0 atom stereocenters. The molecule has 0 fully saturated rings. The summed E-state index contributed by atoms with van der Waals surface area (Å²) in [6, 6.07) is 10.9. The molecular weight excluding hydrogens is 254 g/mol. The predicted octanol–water partition coefficient (Wildman–Crippen LogP) is 2.80. The largest absolute Gasteiger partial charge is 0.494 e. The van der Waals surface area contributed by atoms with Crippen LogP contribution >= 0.6 is 0 Å². The molecule has 0 saturated heterocycles. The molecule has 0 radical (unpaired) electrons. The second kappa shape index (κ2) is 7.13. The summed E-state index contributed by atoms with van der Waals surface area (Å²) < 4.78 is 5.36. The highest BCUT2D eigenvalue weighted by Crippen LogP contribution is 2.11. The van der Waals surface area contributed by atoms with Gasteiger partial charge in [-0.3, -0.25) is 4.98 Å². The van der Waals surface area contributed by atoms with E-state index in [-0.39, 0.29) is 6.03 Å². The van der Waals surface area contributed by atoms with Crippen LogP contribution in [0.3, 0.4) is 0 Å². The molecule has 1 aromatic heterocycles. The fourth-order valence-electron chi connectivity index (χ4n) is 1.66. The van der Waals surface area contributed by atoms with Gasteiger partial charge in [-0.15, -0.1) is 0 Å². The lowest BCUT2D eigenvalue weighted by Crippen LogP contribution is -2.28. The first-order valence-electron chi connectivity index (χ1n) is 6.44. The summed E-state index contributed by atoms with van der Waals surface area (Å²) in [6.45, 7) is 3.04. The van der Waals surface area contributed by atoms with Crippen LogP contribution in [-0.2, 0) is 6.54 Å². The molecule has 0 unspecified atom stereocenters. The van der Waals surface area contributed by atoms with Crippen molar-refractivity contribution in [3.8, 4) is 5.75 Å². The van der Waals surface area contributed by atoms with E-state index in [9.17, 15) is 4.79 Å². The minimum absolute atomic E-state index is 0.258. The van der Waals surface area contributed by atoms with Gasteiger partial charge in [-0.05, 0) is 36.8 Å². The summed E-state index contributed by atoms with van der Waals surface area (Å²) in [4.78, 5) is 15.6. The third kappa shape index (κ3) is 4.28. The van der Waals surface area contributed by atoms with Gasteiger partial charge >= 0.3 is 6.03 Å². The van der Waals surface area contributed by atoms with Crippen molar-refractivity contribution in [2.75, 3.05) is 11.9 Å². The number of rotatable bonds is 5. The molecule has 20 heavy (non-hydrogen) atoms. The van der Waals surface area contributed by atoms with Gasteiger partial charge in [0.25, 0.3) is 0 Å². The molecule has 5 nitrogen and oxygen atoms in total. The maximum Gasteiger partial charge on any atom is 0.319 e. The van der Waals surface area contributed by atoms with Crippen LogP contribution in [0.2, 0.25) is 0 Å². The van der Waals surface area contributed by atoms with E-state index in [1.54, 1.807) is 24.5 Å². The van der Waals surface area contributed by atoms with Crippen LogP contribution in [0.25, 0.3) is 0 Å². The molecule has 2 aromatic rings. The Labute approximate surface area is 118 Å². The zero-order valence-electron chi connectivity index (χ0n) is 11.3. The Morgan fingerprint density at radius 3 is 2.70 bits per heavy atom. The lowest BCUT2D eigenvalue weighted by molar-refractivity contribution is 0.251. The lowest BCUT2D eigenvalue weighted by Gasteiger charge is -2.08. The van der Waals surface area contributed by atoms with Gasteiger partial charge in [0, 0.05) is 12.7 Å². The van der Waals surface area contributed by atoms with Gasteiger partial charge in [-0.2, -0.15) is 0 Å². The average Bonchev–Trinajstić information content (AvgIpc) is 2.48. The fraction of sp³-hybridized carbons (Fsp3) is 0.200. The maximum atomic E-state index is 11.7. The number of nitrogens with one attached hydrogen (secondary N) is 2. The number of aromatic nitrogens is 1. The number of urea groups is 1. The van der Waals surface area contributed by atoms with Crippen molar-refractivity contribution in [1.82, 2.24) is 10.3 Å². The van der Waals surface area contributed by atoms with Gasteiger partial charge in [0.2, 0.25) is 0 Å². The number of nitrogens with zero attached hydrogens (tertiary/aromatic N) is 1. The number of amides is 2. The summed E-state index contributed by atoms with van der Waals surface area (Å²) in [5.41, 5.74) is 1.67. The van der Waals surface area contributed by atoms with Gasteiger partial charge in [0.15, 0.2) is 0 Å². The summed E-state index contributed by atoms with van der Waals surface area (Å²) in [5, 5.41) is 5.49. The number of hydrogen-bond donors (Lipinski definition) is 2. The minimum Gasteiger partial charge on any atom is -0.494 e. The first kappa shape index (κ1) is 13.9.